The molecule has 1 aromatic heterocycles. The summed E-state index contributed by atoms with van der Waals surface area (Å²) in [7, 11) is 0. The number of likely N-dealkylation sites (tertiary alicyclic amines) is 1. The zero-order valence-electron chi connectivity index (χ0n) is 14.7. The summed E-state index contributed by atoms with van der Waals surface area (Å²) in [6.07, 6.45) is 5.00. The largest absolute Gasteiger partial charge is 0.489 e. The van der Waals surface area contributed by atoms with Crippen LogP contribution < -0.4 is 4.74 Å². The SMILES string of the molecule is Cc1ccc(C(=O)N2CC3(CC(Oc4cccnc4)CCO3)C2)cc1F. The summed E-state index contributed by atoms with van der Waals surface area (Å²) in [6.45, 7) is 3.30. The summed E-state index contributed by atoms with van der Waals surface area (Å²) in [5, 5.41) is 0. The Kier molecular flexibility index (Phi) is 4.36. The molecule has 5 nitrogen and oxygen atoms in total. The predicted molar refractivity (Wildman–Crippen MR) is 93.6 cm³/mol. The van der Waals surface area contributed by atoms with Crippen molar-refractivity contribution < 1.29 is 18.7 Å². The van der Waals surface area contributed by atoms with Gasteiger partial charge in [0.25, 0.3) is 5.91 Å². The Labute approximate surface area is 151 Å². The van der Waals surface area contributed by atoms with Crippen molar-refractivity contribution in [2.75, 3.05) is 19.7 Å². The Hall–Kier alpha value is -2.47. The lowest BCUT2D eigenvalue weighted by Crippen LogP contribution is -2.67. The molecule has 0 aliphatic carbocycles. The van der Waals surface area contributed by atoms with Crippen LogP contribution in [-0.4, -0.2) is 47.2 Å². The third-order valence-corrected chi connectivity index (χ3v) is 5.05. The Morgan fingerprint density at radius 3 is 2.96 bits per heavy atom. The summed E-state index contributed by atoms with van der Waals surface area (Å²) in [6, 6.07) is 8.33. The molecule has 1 aromatic carbocycles. The minimum atomic E-state index is -0.357. The molecule has 1 amide bonds. The lowest BCUT2D eigenvalue weighted by molar-refractivity contribution is -0.173. The van der Waals surface area contributed by atoms with Gasteiger partial charge < -0.3 is 14.4 Å². The van der Waals surface area contributed by atoms with Crippen molar-refractivity contribution in [3.8, 4) is 5.75 Å². The lowest BCUT2D eigenvalue weighted by atomic mass is 9.84. The van der Waals surface area contributed by atoms with E-state index in [-0.39, 0.29) is 23.4 Å². The summed E-state index contributed by atoms with van der Waals surface area (Å²) >= 11 is 0. The zero-order chi connectivity index (χ0) is 18.1. The van der Waals surface area contributed by atoms with E-state index < -0.39 is 0 Å². The molecule has 0 saturated carbocycles. The number of hydrogen-bond donors (Lipinski definition) is 0. The molecule has 2 aliphatic heterocycles. The molecule has 1 atom stereocenters. The Morgan fingerprint density at radius 1 is 1.38 bits per heavy atom. The van der Waals surface area contributed by atoms with E-state index in [9.17, 15) is 9.18 Å². The first kappa shape index (κ1) is 17.0. The first-order valence-corrected chi connectivity index (χ1v) is 8.81. The van der Waals surface area contributed by atoms with E-state index in [2.05, 4.69) is 4.98 Å². The molecule has 1 unspecified atom stereocenters. The number of pyridine rings is 1. The number of rotatable bonds is 3. The van der Waals surface area contributed by atoms with Crippen molar-refractivity contribution in [3.05, 3.63) is 59.7 Å². The fraction of sp³-hybridized carbons (Fsp3) is 0.400. The molecule has 3 heterocycles. The van der Waals surface area contributed by atoms with Gasteiger partial charge in [0.05, 0.1) is 25.9 Å². The van der Waals surface area contributed by atoms with E-state index in [0.29, 0.717) is 30.8 Å². The van der Waals surface area contributed by atoms with Crippen LogP contribution in [0, 0.1) is 12.7 Å². The maximum Gasteiger partial charge on any atom is 0.254 e. The van der Waals surface area contributed by atoms with Gasteiger partial charge in [0, 0.05) is 24.6 Å². The highest BCUT2D eigenvalue weighted by Gasteiger charge is 2.50. The number of amides is 1. The van der Waals surface area contributed by atoms with Gasteiger partial charge in [-0.1, -0.05) is 6.07 Å². The zero-order valence-corrected chi connectivity index (χ0v) is 14.7. The van der Waals surface area contributed by atoms with Gasteiger partial charge >= 0.3 is 0 Å². The standard InChI is InChI=1S/C20H21FN2O3/c1-14-4-5-15(9-18(14)21)19(24)23-12-20(13-23)10-16(6-8-25-20)26-17-3-2-7-22-11-17/h2-5,7,9,11,16H,6,8,10,12-13H2,1H3. The van der Waals surface area contributed by atoms with E-state index >= 15 is 0 Å². The van der Waals surface area contributed by atoms with Gasteiger partial charge in [-0.15, -0.1) is 0 Å². The van der Waals surface area contributed by atoms with Crippen LogP contribution in [0.3, 0.4) is 0 Å². The molecule has 0 N–H and O–H groups in total. The van der Waals surface area contributed by atoms with Gasteiger partial charge in [-0.25, -0.2) is 4.39 Å². The van der Waals surface area contributed by atoms with Gasteiger partial charge in [-0.2, -0.15) is 0 Å². The van der Waals surface area contributed by atoms with Crippen molar-refractivity contribution in [2.45, 2.75) is 31.5 Å². The van der Waals surface area contributed by atoms with Gasteiger partial charge in [0.15, 0.2) is 0 Å². The van der Waals surface area contributed by atoms with Crippen LogP contribution in [0.25, 0.3) is 0 Å². The molecule has 4 rings (SSSR count). The van der Waals surface area contributed by atoms with E-state index in [1.807, 2.05) is 12.1 Å². The molecule has 2 aliphatic rings. The van der Waals surface area contributed by atoms with Crippen LogP contribution in [0.2, 0.25) is 0 Å². The van der Waals surface area contributed by atoms with E-state index in [1.165, 1.54) is 6.07 Å². The number of carbonyl (C=O) groups is 1. The highest BCUT2D eigenvalue weighted by molar-refractivity contribution is 5.95. The third kappa shape index (κ3) is 3.29. The Bertz CT molecular complexity index is 806. The van der Waals surface area contributed by atoms with E-state index in [1.54, 1.807) is 36.4 Å². The topological polar surface area (TPSA) is 51.7 Å². The number of nitrogens with zero attached hydrogens (tertiary/aromatic N) is 2. The molecule has 0 radical (unpaired) electrons. The maximum atomic E-state index is 13.7. The number of aromatic nitrogens is 1. The molecule has 2 fully saturated rings. The Balaban J connectivity index is 1.38. The highest BCUT2D eigenvalue weighted by Crippen LogP contribution is 2.36. The number of carbonyl (C=O) groups excluding carboxylic acids is 1. The van der Waals surface area contributed by atoms with Gasteiger partial charge in [-0.05, 0) is 36.8 Å². The van der Waals surface area contributed by atoms with E-state index in [4.69, 9.17) is 9.47 Å². The monoisotopic (exact) mass is 356 g/mol. The first-order valence-electron chi connectivity index (χ1n) is 8.81. The summed E-state index contributed by atoms with van der Waals surface area (Å²) in [5.74, 6) is 0.232. The second-order valence-corrected chi connectivity index (χ2v) is 7.08. The summed E-state index contributed by atoms with van der Waals surface area (Å²) < 4.78 is 25.7. The molecular weight excluding hydrogens is 335 g/mol. The minimum Gasteiger partial charge on any atom is -0.489 e. The smallest absolute Gasteiger partial charge is 0.254 e. The second kappa shape index (κ2) is 6.68. The van der Waals surface area contributed by atoms with Gasteiger partial charge in [-0.3, -0.25) is 9.78 Å². The normalized spacial score (nSPS) is 21.3. The maximum absolute atomic E-state index is 13.7. The van der Waals surface area contributed by atoms with Crippen LogP contribution >= 0.6 is 0 Å². The number of halogens is 1. The van der Waals surface area contributed by atoms with Crippen molar-refractivity contribution in [1.82, 2.24) is 9.88 Å². The van der Waals surface area contributed by atoms with Crippen molar-refractivity contribution in [1.29, 1.82) is 0 Å². The number of hydrogen-bond acceptors (Lipinski definition) is 4. The predicted octanol–water partition coefficient (Wildman–Crippen LogP) is 2.98. The number of benzene rings is 1. The molecule has 1 spiro atoms. The minimum absolute atomic E-state index is 0.0435. The van der Waals surface area contributed by atoms with E-state index in [0.717, 1.165) is 18.6 Å². The fourth-order valence-electron chi connectivity index (χ4n) is 3.61. The van der Waals surface area contributed by atoms with Crippen LogP contribution in [-0.2, 0) is 4.74 Å². The van der Waals surface area contributed by atoms with Gasteiger partial charge in [0.1, 0.15) is 23.3 Å². The van der Waals surface area contributed by atoms with Gasteiger partial charge in [0.2, 0.25) is 0 Å². The average molecular weight is 356 g/mol. The van der Waals surface area contributed by atoms with Crippen LogP contribution in [0.4, 0.5) is 4.39 Å². The van der Waals surface area contributed by atoms with Crippen molar-refractivity contribution >= 4 is 5.91 Å². The third-order valence-electron chi connectivity index (χ3n) is 5.05. The van der Waals surface area contributed by atoms with Crippen molar-refractivity contribution in [3.63, 3.8) is 0 Å². The molecule has 6 heteroatoms. The fourth-order valence-corrected chi connectivity index (χ4v) is 3.61. The molecule has 2 aromatic rings. The quantitative estimate of drug-likeness (QED) is 0.848. The summed E-state index contributed by atoms with van der Waals surface area (Å²) in [4.78, 5) is 18.3. The molecular formula is C20H21FN2O3. The van der Waals surface area contributed by atoms with Crippen LogP contribution in [0.1, 0.15) is 28.8 Å². The average Bonchev–Trinajstić information content (AvgIpc) is 2.62. The number of aryl methyl sites for hydroxylation is 1. The first-order chi connectivity index (χ1) is 12.5. The second-order valence-electron chi connectivity index (χ2n) is 7.08. The van der Waals surface area contributed by atoms with Crippen molar-refractivity contribution in [2.24, 2.45) is 0 Å². The molecule has 2 saturated heterocycles. The number of ether oxygens (including phenoxy) is 2. The molecule has 0 bridgehead atoms. The van der Waals surface area contributed by atoms with Crippen LogP contribution in [0.15, 0.2) is 42.7 Å². The summed E-state index contributed by atoms with van der Waals surface area (Å²) in [5.41, 5.74) is 0.555. The Morgan fingerprint density at radius 2 is 2.23 bits per heavy atom. The van der Waals surface area contributed by atoms with Crippen LogP contribution in [0.5, 0.6) is 5.75 Å². The molecule has 136 valence electrons. The highest BCUT2D eigenvalue weighted by atomic mass is 19.1. The lowest BCUT2D eigenvalue weighted by Gasteiger charge is -2.52. The molecule has 26 heavy (non-hydrogen) atoms.